The number of rotatable bonds is 8. The van der Waals surface area contributed by atoms with Crippen LogP contribution in [0.2, 0.25) is 0 Å². The third kappa shape index (κ3) is 5.48. The summed E-state index contributed by atoms with van der Waals surface area (Å²) in [5.41, 5.74) is 1.09. The zero-order valence-corrected chi connectivity index (χ0v) is 25.5. The van der Waals surface area contributed by atoms with Crippen LogP contribution in [0.25, 0.3) is 26.3 Å². The van der Waals surface area contributed by atoms with Gasteiger partial charge in [0.15, 0.2) is 11.6 Å². The van der Waals surface area contributed by atoms with Gasteiger partial charge < -0.3 is 19.7 Å². The normalized spacial score (nSPS) is 12.2. The van der Waals surface area contributed by atoms with Crippen molar-refractivity contribution in [3.8, 4) is 27.6 Å². The molecule has 238 valence electrons. The maximum atomic E-state index is 15.8. The van der Waals surface area contributed by atoms with Crippen LogP contribution >= 0.6 is 11.3 Å². The summed E-state index contributed by atoms with van der Waals surface area (Å²) >= 11 is 1.08. The molecule has 2 N–H and O–H groups in total. The first kappa shape index (κ1) is 30.9. The van der Waals surface area contributed by atoms with E-state index in [-0.39, 0.29) is 35.1 Å². The molecule has 0 spiro atoms. The highest BCUT2D eigenvalue weighted by molar-refractivity contribution is 7.22. The van der Waals surface area contributed by atoms with Gasteiger partial charge in [-0.25, -0.2) is 32.8 Å². The molecule has 0 atom stereocenters. The molecular formula is C31H26F3N5O6S. The van der Waals surface area contributed by atoms with Crippen molar-refractivity contribution < 1.29 is 32.3 Å². The van der Waals surface area contributed by atoms with Gasteiger partial charge in [0.1, 0.15) is 16.5 Å². The average Bonchev–Trinajstić information content (AvgIpc) is 3.64. The highest BCUT2D eigenvalue weighted by atomic mass is 32.1. The molecule has 2 aromatic heterocycles. The SMILES string of the molecule is CONC(=O)Nc1ccc(-c2sc3c(c2CN(C)C)c(=O)n(-c2ccc4c(c2F)OCO4)c(=O)n3Cc2c(F)cccc2F)cc1. The van der Waals surface area contributed by atoms with Crippen LogP contribution in [-0.2, 0) is 17.9 Å². The second-order valence-corrected chi connectivity index (χ2v) is 11.5. The highest BCUT2D eigenvalue weighted by Crippen LogP contribution is 2.40. The largest absolute Gasteiger partial charge is 0.453 e. The maximum absolute atomic E-state index is 15.8. The van der Waals surface area contributed by atoms with Gasteiger partial charge >= 0.3 is 11.7 Å². The molecule has 3 heterocycles. The van der Waals surface area contributed by atoms with Crippen molar-refractivity contribution in [3.05, 3.63) is 104 Å². The number of urea groups is 1. The first-order valence-corrected chi connectivity index (χ1v) is 14.6. The van der Waals surface area contributed by atoms with Gasteiger partial charge in [-0.1, -0.05) is 18.2 Å². The lowest BCUT2D eigenvalue weighted by molar-refractivity contribution is 0.114. The molecule has 15 heteroatoms. The molecule has 46 heavy (non-hydrogen) atoms. The number of aromatic nitrogens is 2. The van der Waals surface area contributed by atoms with Crippen molar-refractivity contribution in [1.82, 2.24) is 19.5 Å². The minimum absolute atomic E-state index is 0.0730. The number of fused-ring (bicyclic) bond motifs is 2. The number of thiophene rings is 1. The lowest BCUT2D eigenvalue weighted by atomic mass is 10.1. The van der Waals surface area contributed by atoms with E-state index in [2.05, 4.69) is 15.6 Å². The Hall–Kier alpha value is -5.12. The van der Waals surface area contributed by atoms with Crippen molar-refractivity contribution in [2.45, 2.75) is 13.1 Å². The van der Waals surface area contributed by atoms with E-state index >= 15 is 4.39 Å². The zero-order chi connectivity index (χ0) is 32.7. The van der Waals surface area contributed by atoms with Gasteiger partial charge in [-0.15, -0.1) is 11.3 Å². The molecule has 0 unspecified atom stereocenters. The fourth-order valence-electron chi connectivity index (χ4n) is 5.22. The Morgan fingerprint density at radius 3 is 2.39 bits per heavy atom. The Morgan fingerprint density at radius 2 is 1.72 bits per heavy atom. The minimum atomic E-state index is -1.01. The van der Waals surface area contributed by atoms with Gasteiger partial charge in [0.2, 0.25) is 12.5 Å². The smallest absolute Gasteiger partial charge is 0.343 e. The van der Waals surface area contributed by atoms with Gasteiger partial charge in [0, 0.05) is 22.7 Å². The van der Waals surface area contributed by atoms with Crippen LogP contribution in [0.4, 0.5) is 23.7 Å². The number of hydrogen-bond donors (Lipinski definition) is 2. The molecule has 0 saturated heterocycles. The number of carbonyl (C=O) groups is 1. The lowest BCUT2D eigenvalue weighted by Crippen LogP contribution is -2.39. The summed E-state index contributed by atoms with van der Waals surface area (Å²) in [6, 6.07) is 12.0. The Labute approximate surface area is 262 Å². The molecule has 11 nitrogen and oxygen atoms in total. The molecule has 1 aliphatic heterocycles. The molecule has 0 aliphatic carbocycles. The van der Waals surface area contributed by atoms with Crippen molar-refractivity contribution in [2.75, 3.05) is 33.3 Å². The number of ether oxygens (including phenoxy) is 2. The third-order valence-electron chi connectivity index (χ3n) is 7.22. The van der Waals surface area contributed by atoms with Crippen LogP contribution in [0.3, 0.4) is 0 Å². The number of hydrogen-bond acceptors (Lipinski definition) is 8. The molecule has 0 saturated carbocycles. The number of amides is 2. The number of nitrogens with zero attached hydrogens (tertiary/aromatic N) is 3. The number of benzene rings is 3. The summed E-state index contributed by atoms with van der Waals surface area (Å²) in [7, 11) is 4.87. The maximum Gasteiger partial charge on any atom is 0.343 e. The summed E-state index contributed by atoms with van der Waals surface area (Å²) in [6.45, 7) is -0.609. The van der Waals surface area contributed by atoms with E-state index in [1.165, 1.54) is 25.3 Å². The van der Waals surface area contributed by atoms with E-state index in [0.717, 1.165) is 28.0 Å². The van der Waals surface area contributed by atoms with Gasteiger partial charge in [-0.3, -0.25) is 14.2 Å². The van der Waals surface area contributed by atoms with E-state index in [9.17, 15) is 23.2 Å². The Kier molecular flexibility index (Phi) is 8.29. The van der Waals surface area contributed by atoms with Crippen molar-refractivity contribution >= 4 is 33.3 Å². The van der Waals surface area contributed by atoms with Crippen LogP contribution in [0.5, 0.6) is 11.5 Å². The number of hydroxylamine groups is 1. The van der Waals surface area contributed by atoms with E-state index in [0.29, 0.717) is 26.3 Å². The number of anilines is 1. The predicted molar refractivity (Wildman–Crippen MR) is 165 cm³/mol. The molecule has 3 aromatic carbocycles. The first-order valence-electron chi connectivity index (χ1n) is 13.8. The number of halogens is 3. The number of nitrogens with one attached hydrogen (secondary N) is 2. The van der Waals surface area contributed by atoms with Gasteiger partial charge in [-0.2, -0.15) is 0 Å². The van der Waals surface area contributed by atoms with E-state index in [4.69, 9.17) is 9.47 Å². The molecule has 0 fully saturated rings. The summed E-state index contributed by atoms with van der Waals surface area (Å²) < 4.78 is 57.8. The molecule has 1 aliphatic rings. The average molecular weight is 654 g/mol. The topological polar surface area (TPSA) is 116 Å². The predicted octanol–water partition coefficient (Wildman–Crippen LogP) is 4.82. The van der Waals surface area contributed by atoms with E-state index in [1.54, 1.807) is 38.4 Å². The second kappa shape index (κ2) is 12.3. The Bertz CT molecular complexity index is 2090. The molecule has 0 bridgehead atoms. The third-order valence-corrected chi connectivity index (χ3v) is 8.53. The molecule has 2 amide bonds. The van der Waals surface area contributed by atoms with Crippen molar-refractivity contribution in [3.63, 3.8) is 0 Å². The fraction of sp³-hybridized carbons (Fsp3) is 0.194. The monoisotopic (exact) mass is 653 g/mol. The zero-order valence-electron chi connectivity index (χ0n) is 24.7. The molecule has 0 radical (unpaired) electrons. The van der Waals surface area contributed by atoms with Crippen molar-refractivity contribution in [2.24, 2.45) is 0 Å². The van der Waals surface area contributed by atoms with E-state index in [1.807, 2.05) is 4.90 Å². The van der Waals surface area contributed by atoms with Gasteiger partial charge in [-0.05, 0) is 61.6 Å². The summed E-state index contributed by atoms with van der Waals surface area (Å²) in [4.78, 5) is 47.5. The van der Waals surface area contributed by atoms with Gasteiger partial charge in [0.25, 0.3) is 5.56 Å². The Morgan fingerprint density at radius 1 is 1.00 bits per heavy atom. The number of carbonyl (C=O) groups excluding carboxylic acids is 1. The van der Waals surface area contributed by atoms with Crippen LogP contribution in [0.15, 0.2) is 64.2 Å². The first-order chi connectivity index (χ1) is 22.1. The summed E-state index contributed by atoms with van der Waals surface area (Å²) in [6.07, 6.45) is 0. The second-order valence-electron chi connectivity index (χ2n) is 10.5. The van der Waals surface area contributed by atoms with Gasteiger partial charge in [0.05, 0.1) is 24.7 Å². The highest BCUT2D eigenvalue weighted by Gasteiger charge is 2.28. The molecule has 5 aromatic rings. The van der Waals surface area contributed by atoms with Crippen LogP contribution < -0.4 is 31.5 Å². The Balaban J connectivity index is 1.63. The fourth-order valence-corrected chi connectivity index (χ4v) is 6.52. The van der Waals surface area contributed by atoms with Crippen molar-refractivity contribution in [1.29, 1.82) is 0 Å². The van der Waals surface area contributed by atoms with E-state index < -0.39 is 52.5 Å². The van der Waals surface area contributed by atoms with Crippen LogP contribution in [-0.4, -0.2) is 48.1 Å². The van der Waals surface area contributed by atoms with Crippen LogP contribution in [0.1, 0.15) is 11.1 Å². The lowest BCUT2D eigenvalue weighted by Gasteiger charge is -2.15. The molecule has 6 rings (SSSR count). The van der Waals surface area contributed by atoms with Crippen LogP contribution in [0, 0.1) is 17.5 Å². The summed E-state index contributed by atoms with van der Waals surface area (Å²) in [5, 5.41) is 2.68. The summed E-state index contributed by atoms with van der Waals surface area (Å²) in [5.74, 6) is -2.94. The molecular weight excluding hydrogens is 627 g/mol. The standard InChI is InChI=1S/C31H26F3N5O6S/c1-37(2)13-19-24-28(40)39(22-11-12-23-26(25(22)34)45-15-44-23)31(42)38(14-18-20(32)5-4-6-21(18)33)29(24)46-27(19)16-7-9-17(10-8-16)35-30(41)36-43-3/h4-12H,13-15H2,1-3H3,(H2,35,36,41). The quantitative estimate of drug-likeness (QED) is 0.231. The minimum Gasteiger partial charge on any atom is -0.453 e.